The summed E-state index contributed by atoms with van der Waals surface area (Å²) in [6.45, 7) is 2.51. The van der Waals surface area contributed by atoms with Gasteiger partial charge in [0.05, 0.1) is 10.7 Å². The number of carbonyl (C=O) groups excluding carboxylic acids is 1. The van der Waals surface area contributed by atoms with Crippen molar-refractivity contribution in [2.75, 3.05) is 5.75 Å². The highest BCUT2D eigenvalue weighted by Crippen LogP contribution is 2.21. The van der Waals surface area contributed by atoms with Crippen LogP contribution in [0.1, 0.15) is 11.1 Å². The second-order valence-electron chi connectivity index (χ2n) is 4.74. The molecule has 0 saturated heterocycles. The molecule has 0 fully saturated rings. The first-order chi connectivity index (χ1) is 10.6. The molecule has 2 aromatic carbocycles. The van der Waals surface area contributed by atoms with Gasteiger partial charge in [-0.1, -0.05) is 24.3 Å². The molecule has 2 rings (SSSR count). The second-order valence-corrected chi connectivity index (χ2v) is 5.79. The van der Waals surface area contributed by atoms with E-state index in [9.17, 15) is 14.9 Å². The maximum absolute atomic E-state index is 11.8. The lowest BCUT2D eigenvalue weighted by Gasteiger charge is -2.07. The van der Waals surface area contributed by atoms with E-state index in [4.69, 9.17) is 0 Å². The standard InChI is InChI=1S/C16H16N2O3S/c1-12-4-2-3-5-13(12)10-17-16(19)11-22-15-8-6-14(7-9-15)18(20)21/h2-9H,10-11H2,1H3,(H,17,19). The van der Waals surface area contributed by atoms with Gasteiger partial charge < -0.3 is 5.32 Å². The van der Waals surface area contributed by atoms with E-state index in [-0.39, 0.29) is 17.3 Å². The van der Waals surface area contributed by atoms with Gasteiger partial charge >= 0.3 is 0 Å². The summed E-state index contributed by atoms with van der Waals surface area (Å²) in [5.74, 6) is 0.218. The van der Waals surface area contributed by atoms with Crippen LogP contribution in [0.2, 0.25) is 0 Å². The van der Waals surface area contributed by atoms with E-state index in [1.807, 2.05) is 31.2 Å². The van der Waals surface area contributed by atoms with Crippen molar-refractivity contribution < 1.29 is 9.72 Å². The molecular weight excluding hydrogens is 300 g/mol. The molecule has 0 saturated carbocycles. The predicted molar refractivity (Wildman–Crippen MR) is 86.8 cm³/mol. The second kappa shape index (κ2) is 7.61. The first kappa shape index (κ1) is 16.0. The van der Waals surface area contributed by atoms with Crippen molar-refractivity contribution in [3.8, 4) is 0 Å². The molecular formula is C16H16N2O3S. The molecule has 0 aliphatic carbocycles. The van der Waals surface area contributed by atoms with E-state index in [0.29, 0.717) is 6.54 Å². The van der Waals surface area contributed by atoms with Gasteiger partial charge in [-0.2, -0.15) is 0 Å². The van der Waals surface area contributed by atoms with Crippen molar-refractivity contribution in [3.63, 3.8) is 0 Å². The number of non-ortho nitro benzene ring substituents is 1. The minimum Gasteiger partial charge on any atom is -0.351 e. The summed E-state index contributed by atoms with van der Waals surface area (Å²) in [6, 6.07) is 14.1. The van der Waals surface area contributed by atoms with E-state index in [0.717, 1.165) is 16.0 Å². The number of aryl methyl sites for hydroxylation is 1. The van der Waals surface area contributed by atoms with Crippen molar-refractivity contribution in [2.24, 2.45) is 0 Å². The normalized spacial score (nSPS) is 10.2. The van der Waals surface area contributed by atoms with Gasteiger partial charge in [0.25, 0.3) is 5.69 Å². The summed E-state index contributed by atoms with van der Waals surface area (Å²) in [5.41, 5.74) is 2.29. The number of thioether (sulfide) groups is 1. The van der Waals surface area contributed by atoms with Crippen molar-refractivity contribution in [2.45, 2.75) is 18.4 Å². The van der Waals surface area contributed by atoms with Gasteiger partial charge in [0.15, 0.2) is 0 Å². The van der Waals surface area contributed by atoms with E-state index >= 15 is 0 Å². The molecule has 22 heavy (non-hydrogen) atoms. The zero-order valence-electron chi connectivity index (χ0n) is 12.1. The number of amides is 1. The largest absolute Gasteiger partial charge is 0.351 e. The SMILES string of the molecule is Cc1ccccc1CNC(=O)CSc1ccc([N+](=O)[O-])cc1. The lowest BCUT2D eigenvalue weighted by molar-refractivity contribution is -0.384. The summed E-state index contributed by atoms with van der Waals surface area (Å²) in [6.07, 6.45) is 0. The Kier molecular flexibility index (Phi) is 5.55. The van der Waals surface area contributed by atoms with Crippen LogP contribution in [0, 0.1) is 17.0 Å². The number of nitro groups is 1. The number of nitro benzene ring substituents is 1. The van der Waals surface area contributed by atoms with Crippen LogP contribution < -0.4 is 5.32 Å². The van der Waals surface area contributed by atoms with E-state index in [2.05, 4.69) is 5.32 Å². The van der Waals surface area contributed by atoms with Crippen LogP contribution in [0.25, 0.3) is 0 Å². The van der Waals surface area contributed by atoms with Gasteiger partial charge in [-0.15, -0.1) is 11.8 Å². The Labute approximate surface area is 132 Å². The first-order valence-corrected chi connectivity index (χ1v) is 7.73. The van der Waals surface area contributed by atoms with Crippen LogP contribution in [0.3, 0.4) is 0 Å². The van der Waals surface area contributed by atoms with Crippen molar-refractivity contribution in [1.29, 1.82) is 0 Å². The predicted octanol–water partition coefficient (Wildman–Crippen LogP) is 3.31. The molecule has 0 aliphatic heterocycles. The highest BCUT2D eigenvalue weighted by atomic mass is 32.2. The Hall–Kier alpha value is -2.34. The van der Waals surface area contributed by atoms with E-state index in [1.165, 1.54) is 23.9 Å². The molecule has 0 heterocycles. The maximum atomic E-state index is 11.8. The van der Waals surface area contributed by atoms with Gasteiger partial charge in [0, 0.05) is 23.6 Å². The fourth-order valence-electron chi connectivity index (χ4n) is 1.87. The summed E-state index contributed by atoms with van der Waals surface area (Å²) < 4.78 is 0. The summed E-state index contributed by atoms with van der Waals surface area (Å²) in [4.78, 5) is 22.8. The average Bonchev–Trinajstić information content (AvgIpc) is 2.52. The number of carbonyl (C=O) groups is 1. The Morgan fingerprint density at radius 3 is 2.50 bits per heavy atom. The third-order valence-electron chi connectivity index (χ3n) is 3.15. The highest BCUT2D eigenvalue weighted by molar-refractivity contribution is 8.00. The molecule has 6 heteroatoms. The third kappa shape index (κ3) is 4.60. The molecule has 0 radical (unpaired) electrons. The number of benzene rings is 2. The number of nitrogens with zero attached hydrogens (tertiary/aromatic N) is 1. The summed E-state index contributed by atoms with van der Waals surface area (Å²) in [5, 5.41) is 13.4. The van der Waals surface area contributed by atoms with Gasteiger partial charge in [-0.3, -0.25) is 14.9 Å². The molecule has 114 valence electrons. The lowest BCUT2D eigenvalue weighted by atomic mass is 10.1. The Morgan fingerprint density at radius 1 is 1.18 bits per heavy atom. The summed E-state index contributed by atoms with van der Waals surface area (Å²) in [7, 11) is 0. The van der Waals surface area contributed by atoms with Gasteiger partial charge in [-0.25, -0.2) is 0 Å². The Morgan fingerprint density at radius 2 is 1.86 bits per heavy atom. The van der Waals surface area contributed by atoms with Gasteiger partial charge in [-0.05, 0) is 30.2 Å². The Bertz CT molecular complexity index is 671. The minimum absolute atomic E-state index is 0.0494. The quantitative estimate of drug-likeness (QED) is 0.504. The van der Waals surface area contributed by atoms with Crippen molar-refractivity contribution in [1.82, 2.24) is 5.32 Å². The first-order valence-electron chi connectivity index (χ1n) is 6.75. The monoisotopic (exact) mass is 316 g/mol. The van der Waals surface area contributed by atoms with E-state index < -0.39 is 4.92 Å². The highest BCUT2D eigenvalue weighted by Gasteiger charge is 2.07. The van der Waals surface area contributed by atoms with Crippen LogP contribution >= 0.6 is 11.8 Å². The smallest absolute Gasteiger partial charge is 0.269 e. The molecule has 0 atom stereocenters. The maximum Gasteiger partial charge on any atom is 0.269 e. The fraction of sp³-hybridized carbons (Fsp3) is 0.188. The van der Waals surface area contributed by atoms with Crippen LogP contribution in [0.15, 0.2) is 53.4 Å². The average molecular weight is 316 g/mol. The molecule has 5 nitrogen and oxygen atoms in total. The zero-order chi connectivity index (χ0) is 15.9. The minimum atomic E-state index is -0.441. The van der Waals surface area contributed by atoms with Gasteiger partial charge in [0.2, 0.25) is 5.91 Å². The molecule has 0 bridgehead atoms. The molecule has 0 aliphatic rings. The Balaban J connectivity index is 1.80. The van der Waals surface area contributed by atoms with Gasteiger partial charge in [0.1, 0.15) is 0 Å². The van der Waals surface area contributed by atoms with Crippen molar-refractivity contribution in [3.05, 3.63) is 69.8 Å². The number of hydrogen-bond donors (Lipinski definition) is 1. The molecule has 0 aromatic heterocycles. The molecule has 2 aromatic rings. The number of nitrogens with one attached hydrogen (secondary N) is 1. The molecule has 1 N–H and O–H groups in total. The van der Waals surface area contributed by atoms with Crippen LogP contribution in [-0.4, -0.2) is 16.6 Å². The van der Waals surface area contributed by atoms with Crippen LogP contribution in [0.5, 0.6) is 0 Å². The van der Waals surface area contributed by atoms with E-state index in [1.54, 1.807) is 12.1 Å². The fourth-order valence-corrected chi connectivity index (χ4v) is 2.59. The third-order valence-corrected chi connectivity index (χ3v) is 4.17. The summed E-state index contributed by atoms with van der Waals surface area (Å²) >= 11 is 1.35. The number of hydrogen-bond acceptors (Lipinski definition) is 4. The molecule has 0 spiro atoms. The zero-order valence-corrected chi connectivity index (χ0v) is 12.9. The molecule has 0 unspecified atom stereocenters. The van der Waals surface area contributed by atoms with Crippen molar-refractivity contribution >= 4 is 23.4 Å². The number of rotatable bonds is 6. The molecule has 1 amide bonds. The lowest BCUT2D eigenvalue weighted by Crippen LogP contribution is -2.24. The van der Waals surface area contributed by atoms with Crippen LogP contribution in [0.4, 0.5) is 5.69 Å². The van der Waals surface area contributed by atoms with Crippen LogP contribution in [-0.2, 0) is 11.3 Å². The topological polar surface area (TPSA) is 72.2 Å².